The summed E-state index contributed by atoms with van der Waals surface area (Å²) in [6, 6.07) is 14.5. The molecule has 0 saturated heterocycles. The summed E-state index contributed by atoms with van der Waals surface area (Å²) in [7, 11) is -4.00. The topological polar surface area (TPSA) is 96.3 Å². The number of nitrogens with zero attached hydrogens (tertiary/aromatic N) is 2. The van der Waals surface area contributed by atoms with E-state index in [1.165, 1.54) is 34.6 Å². The van der Waals surface area contributed by atoms with Crippen molar-refractivity contribution in [1.29, 1.82) is 0 Å². The van der Waals surface area contributed by atoms with Gasteiger partial charge in [0.05, 0.1) is 16.1 Å². The van der Waals surface area contributed by atoms with Gasteiger partial charge in [0.1, 0.15) is 0 Å². The summed E-state index contributed by atoms with van der Waals surface area (Å²) in [5.74, 6) is -0.572. The molecule has 0 spiro atoms. The highest BCUT2D eigenvalue weighted by atomic mass is 79.9. The molecule has 7 nitrogen and oxygen atoms in total. The van der Waals surface area contributed by atoms with Crippen molar-refractivity contribution >= 4 is 31.6 Å². The summed E-state index contributed by atoms with van der Waals surface area (Å²) in [5, 5.41) is 3.64. The first-order valence-electron chi connectivity index (χ1n) is 11.4. The van der Waals surface area contributed by atoms with E-state index in [4.69, 9.17) is 0 Å². The highest BCUT2D eigenvalue weighted by molar-refractivity contribution is 9.10. The third kappa shape index (κ3) is 4.90. The molecule has 2 heterocycles. The van der Waals surface area contributed by atoms with Crippen LogP contribution in [0.1, 0.15) is 25.0 Å². The van der Waals surface area contributed by atoms with Crippen LogP contribution in [0.3, 0.4) is 0 Å². The maximum absolute atomic E-state index is 13.8. The van der Waals surface area contributed by atoms with E-state index in [9.17, 15) is 26.4 Å². The zero-order valence-corrected chi connectivity index (χ0v) is 22.5. The summed E-state index contributed by atoms with van der Waals surface area (Å²) in [5.41, 5.74) is 1.90. The normalized spacial score (nSPS) is 15.4. The lowest BCUT2D eigenvalue weighted by Gasteiger charge is -2.40. The van der Waals surface area contributed by atoms with Crippen LogP contribution in [0.4, 0.5) is 18.9 Å². The number of anilines is 1. The van der Waals surface area contributed by atoms with Gasteiger partial charge in [0, 0.05) is 16.6 Å². The summed E-state index contributed by atoms with van der Waals surface area (Å²) >= 11 is 3.36. The number of halogens is 4. The van der Waals surface area contributed by atoms with Gasteiger partial charge in [0.25, 0.3) is 10.0 Å². The molecule has 0 atom stereocenters. The number of rotatable bonds is 4. The quantitative estimate of drug-likeness (QED) is 0.295. The van der Waals surface area contributed by atoms with Gasteiger partial charge in [-0.1, -0.05) is 37.2 Å². The molecule has 0 fully saturated rings. The van der Waals surface area contributed by atoms with Crippen LogP contribution in [0.2, 0.25) is 0 Å². The van der Waals surface area contributed by atoms with Gasteiger partial charge in [-0.3, -0.25) is 13.8 Å². The van der Waals surface area contributed by atoms with Gasteiger partial charge in [-0.2, -0.15) is 13.2 Å². The number of hydrogen-bond acceptors (Lipinski definition) is 5. The van der Waals surface area contributed by atoms with Crippen molar-refractivity contribution in [3.8, 4) is 22.5 Å². The molecule has 1 aliphatic rings. The molecule has 5 rings (SSSR count). The van der Waals surface area contributed by atoms with E-state index >= 15 is 0 Å². The minimum absolute atomic E-state index is 0.0365. The van der Waals surface area contributed by atoms with Crippen LogP contribution >= 0.6 is 15.9 Å². The molecule has 1 aliphatic heterocycles. The lowest BCUT2D eigenvalue weighted by molar-refractivity contribution is -0.137. The Morgan fingerprint density at radius 1 is 1.03 bits per heavy atom. The minimum atomic E-state index is -4.42. The van der Waals surface area contributed by atoms with E-state index in [1.54, 1.807) is 12.1 Å². The number of hydrogen-bond donors (Lipinski definition) is 1. The summed E-state index contributed by atoms with van der Waals surface area (Å²) < 4.78 is 72.9. The van der Waals surface area contributed by atoms with Crippen LogP contribution < -0.4 is 10.1 Å². The molecule has 1 aromatic heterocycles. The summed E-state index contributed by atoms with van der Waals surface area (Å²) in [6.07, 6.45) is -3.84. The maximum atomic E-state index is 13.8. The lowest BCUT2D eigenvalue weighted by atomic mass is 9.81. The van der Waals surface area contributed by atoms with E-state index in [0.717, 1.165) is 17.7 Å². The van der Waals surface area contributed by atoms with Crippen molar-refractivity contribution in [2.45, 2.75) is 31.3 Å². The molecule has 0 bridgehead atoms. The molecule has 198 valence electrons. The predicted molar refractivity (Wildman–Crippen MR) is 139 cm³/mol. The first-order valence-corrected chi connectivity index (χ1v) is 13.7. The summed E-state index contributed by atoms with van der Waals surface area (Å²) in [6.45, 7) is 4.16. The number of benzene rings is 3. The van der Waals surface area contributed by atoms with E-state index in [0.29, 0.717) is 33.3 Å². The van der Waals surface area contributed by atoms with E-state index in [2.05, 4.69) is 30.6 Å². The summed E-state index contributed by atoms with van der Waals surface area (Å²) in [4.78, 5) is 13.8. The molecule has 0 radical (unpaired) electrons. The van der Waals surface area contributed by atoms with Gasteiger partial charge >= 0.3 is 11.9 Å². The molecule has 0 amide bonds. The molecule has 1 N–H and O–H groups in total. The zero-order valence-electron chi connectivity index (χ0n) is 20.1. The van der Waals surface area contributed by atoms with Crippen LogP contribution in [0.5, 0.6) is 0 Å². The Morgan fingerprint density at radius 2 is 1.71 bits per heavy atom. The van der Waals surface area contributed by atoms with Gasteiger partial charge in [-0.25, -0.2) is 13.2 Å². The standard InChI is InChI=1S/C26H21BrF3N3O4S/c1-25(2)13-17-11-16(15-3-6-18(7-4-15)26(28,29)30)5-10-22(17)33(14-25)38(35,36)19-8-9-20(21(27)12-19)23-31-24(34)37-32-23/h3-12H,13-14H2,1-2H3,(H,31,32,34). The van der Waals surface area contributed by atoms with E-state index < -0.39 is 32.9 Å². The Bertz CT molecular complexity index is 1690. The van der Waals surface area contributed by atoms with Crippen molar-refractivity contribution < 1.29 is 26.1 Å². The number of sulfonamides is 1. The Hall–Kier alpha value is -3.38. The van der Waals surface area contributed by atoms with Gasteiger partial charge in [-0.15, -0.1) is 0 Å². The Balaban J connectivity index is 1.53. The molecule has 0 unspecified atom stereocenters. The Morgan fingerprint density at radius 3 is 2.32 bits per heavy atom. The smallest absolute Gasteiger partial charge is 0.296 e. The lowest BCUT2D eigenvalue weighted by Crippen LogP contribution is -2.43. The van der Waals surface area contributed by atoms with E-state index in [-0.39, 0.29) is 17.3 Å². The monoisotopic (exact) mass is 607 g/mol. The first kappa shape index (κ1) is 26.2. The average molecular weight is 608 g/mol. The number of aromatic amines is 1. The molecular weight excluding hydrogens is 587 g/mol. The fourth-order valence-electron chi connectivity index (χ4n) is 4.58. The SMILES string of the molecule is CC1(C)Cc2cc(-c3ccc(C(F)(F)F)cc3)ccc2N(S(=O)(=O)c2ccc(-c3noc(=O)[nH]3)c(Br)c2)C1. The van der Waals surface area contributed by atoms with Crippen LogP contribution in [0.25, 0.3) is 22.5 Å². The van der Waals surface area contributed by atoms with Crippen molar-refractivity contribution in [2.75, 3.05) is 10.8 Å². The number of aromatic nitrogens is 2. The number of alkyl halides is 3. The van der Waals surface area contributed by atoms with Crippen molar-refractivity contribution in [3.63, 3.8) is 0 Å². The second kappa shape index (κ2) is 9.12. The third-order valence-electron chi connectivity index (χ3n) is 6.36. The van der Waals surface area contributed by atoms with Crippen molar-refractivity contribution in [1.82, 2.24) is 10.1 Å². The highest BCUT2D eigenvalue weighted by Crippen LogP contribution is 2.42. The minimum Gasteiger partial charge on any atom is -0.296 e. The average Bonchev–Trinajstić information content (AvgIpc) is 3.27. The second-order valence-corrected chi connectivity index (χ2v) is 12.6. The molecule has 3 aromatic carbocycles. The van der Waals surface area contributed by atoms with Gasteiger partial charge in [-0.05, 0) is 86.9 Å². The largest absolute Gasteiger partial charge is 0.439 e. The second-order valence-electron chi connectivity index (χ2n) is 9.86. The predicted octanol–water partition coefficient (Wildman–Crippen LogP) is 6.26. The van der Waals surface area contributed by atoms with Crippen molar-refractivity contribution in [2.24, 2.45) is 5.41 Å². The molecule has 4 aromatic rings. The van der Waals surface area contributed by atoms with Crippen LogP contribution in [0.15, 0.2) is 79.3 Å². The molecule has 38 heavy (non-hydrogen) atoms. The van der Waals surface area contributed by atoms with Crippen LogP contribution in [-0.4, -0.2) is 25.1 Å². The van der Waals surface area contributed by atoms with Gasteiger partial charge in [0.15, 0.2) is 5.82 Å². The van der Waals surface area contributed by atoms with E-state index in [1.807, 2.05) is 19.9 Å². The Labute approximate surface area is 224 Å². The molecule has 12 heteroatoms. The maximum Gasteiger partial charge on any atom is 0.439 e. The van der Waals surface area contributed by atoms with Crippen LogP contribution in [0, 0.1) is 5.41 Å². The van der Waals surface area contributed by atoms with Gasteiger partial charge < -0.3 is 0 Å². The number of nitrogens with one attached hydrogen (secondary N) is 1. The number of fused-ring (bicyclic) bond motifs is 1. The fraction of sp³-hybridized carbons (Fsp3) is 0.231. The highest BCUT2D eigenvalue weighted by Gasteiger charge is 2.37. The van der Waals surface area contributed by atoms with Crippen molar-refractivity contribution in [3.05, 3.63) is 86.8 Å². The van der Waals surface area contributed by atoms with Crippen LogP contribution in [-0.2, 0) is 22.6 Å². The third-order valence-corrected chi connectivity index (χ3v) is 8.77. The van der Waals surface area contributed by atoms with Gasteiger partial charge in [0.2, 0.25) is 0 Å². The molecule has 0 saturated carbocycles. The fourth-order valence-corrected chi connectivity index (χ4v) is 7.02. The zero-order chi connectivity index (χ0) is 27.5. The Kier molecular flexibility index (Phi) is 6.30. The molecule has 0 aliphatic carbocycles. The molecular formula is C26H21BrF3N3O4S. The number of H-pyrrole nitrogens is 1. The first-order chi connectivity index (χ1) is 17.7.